The third-order valence-corrected chi connectivity index (χ3v) is 5.82. The maximum Gasteiger partial charge on any atom is 0.257 e. The van der Waals surface area contributed by atoms with Crippen LogP contribution >= 0.6 is 23.2 Å². The van der Waals surface area contributed by atoms with Crippen LogP contribution in [0.4, 0.5) is 15.8 Å². The molecule has 1 amide bonds. The van der Waals surface area contributed by atoms with Crippen LogP contribution in [0.25, 0.3) is 17.1 Å². The number of amides is 1. The fourth-order valence-corrected chi connectivity index (χ4v) is 4.04. The molecule has 1 fully saturated rings. The van der Waals surface area contributed by atoms with Gasteiger partial charge in [-0.15, -0.1) is 4.80 Å². The zero-order valence-electron chi connectivity index (χ0n) is 17.0. The van der Waals surface area contributed by atoms with Crippen molar-refractivity contribution >= 4 is 40.5 Å². The molecule has 1 aromatic carbocycles. The number of carbonyl (C=O) groups is 1. The first-order chi connectivity index (χ1) is 15.9. The molecular formula is C22H16Cl2FN7O. The molecule has 0 unspecified atom stereocenters. The molecule has 0 radical (unpaired) electrons. The molecule has 0 saturated heterocycles. The Balaban J connectivity index is 1.46. The van der Waals surface area contributed by atoms with Gasteiger partial charge in [0.05, 0.1) is 57.5 Å². The summed E-state index contributed by atoms with van der Waals surface area (Å²) < 4.78 is 13.5. The van der Waals surface area contributed by atoms with Crippen LogP contribution in [0, 0.1) is 5.82 Å². The lowest BCUT2D eigenvalue weighted by Crippen LogP contribution is -2.14. The molecular weight excluding hydrogens is 468 g/mol. The second-order valence-corrected chi connectivity index (χ2v) is 8.40. The van der Waals surface area contributed by atoms with Gasteiger partial charge in [-0.1, -0.05) is 23.2 Å². The van der Waals surface area contributed by atoms with Gasteiger partial charge in [0.15, 0.2) is 5.82 Å². The fraction of sp³-hybridized carbons (Fsp3) is 0.136. The predicted octanol–water partition coefficient (Wildman–Crippen LogP) is 4.88. The van der Waals surface area contributed by atoms with E-state index in [2.05, 4.69) is 25.5 Å². The average Bonchev–Trinajstić information content (AvgIpc) is 3.47. The Morgan fingerprint density at radius 3 is 2.48 bits per heavy atom. The van der Waals surface area contributed by atoms with Crippen molar-refractivity contribution in [3.05, 3.63) is 76.0 Å². The van der Waals surface area contributed by atoms with Crippen LogP contribution in [-0.4, -0.2) is 30.9 Å². The largest absolute Gasteiger partial charge is 0.397 e. The van der Waals surface area contributed by atoms with E-state index in [1.807, 2.05) is 0 Å². The number of pyridine rings is 2. The minimum absolute atomic E-state index is 0.206. The quantitative estimate of drug-likeness (QED) is 0.418. The summed E-state index contributed by atoms with van der Waals surface area (Å²) in [6.45, 7) is 0. The van der Waals surface area contributed by atoms with Gasteiger partial charge in [0.2, 0.25) is 0 Å². The number of nitrogen functional groups attached to an aromatic ring is 1. The number of aromatic nitrogens is 5. The van der Waals surface area contributed by atoms with E-state index in [1.165, 1.54) is 29.5 Å². The molecule has 11 heteroatoms. The van der Waals surface area contributed by atoms with Crippen molar-refractivity contribution in [3.8, 4) is 17.1 Å². The first-order valence-electron chi connectivity index (χ1n) is 9.99. The van der Waals surface area contributed by atoms with Gasteiger partial charge in [0, 0.05) is 11.6 Å². The Labute approximate surface area is 197 Å². The van der Waals surface area contributed by atoms with Crippen molar-refractivity contribution in [1.82, 2.24) is 25.0 Å². The summed E-state index contributed by atoms with van der Waals surface area (Å²) in [7, 11) is 0. The number of carbonyl (C=O) groups excluding carboxylic acids is 1. The second kappa shape index (κ2) is 8.42. The normalized spacial score (nSPS) is 13.2. The van der Waals surface area contributed by atoms with E-state index < -0.39 is 11.7 Å². The van der Waals surface area contributed by atoms with Crippen molar-refractivity contribution < 1.29 is 9.18 Å². The van der Waals surface area contributed by atoms with Crippen LogP contribution in [0.1, 0.15) is 34.7 Å². The minimum Gasteiger partial charge on any atom is -0.397 e. The first-order valence-corrected chi connectivity index (χ1v) is 10.7. The third kappa shape index (κ3) is 4.24. The number of benzene rings is 1. The van der Waals surface area contributed by atoms with Gasteiger partial charge >= 0.3 is 0 Å². The lowest BCUT2D eigenvalue weighted by molar-refractivity contribution is 0.102. The van der Waals surface area contributed by atoms with Gasteiger partial charge in [-0.3, -0.25) is 9.78 Å². The van der Waals surface area contributed by atoms with E-state index in [0.717, 1.165) is 24.6 Å². The summed E-state index contributed by atoms with van der Waals surface area (Å²) >= 11 is 12.8. The van der Waals surface area contributed by atoms with E-state index in [9.17, 15) is 9.18 Å². The Hall–Kier alpha value is -3.56. The number of halogens is 3. The van der Waals surface area contributed by atoms with Crippen LogP contribution in [0.2, 0.25) is 10.0 Å². The fourth-order valence-electron chi connectivity index (χ4n) is 3.55. The molecule has 33 heavy (non-hydrogen) atoms. The summed E-state index contributed by atoms with van der Waals surface area (Å²) in [6.07, 6.45) is 7.52. The van der Waals surface area contributed by atoms with Crippen molar-refractivity contribution in [2.45, 2.75) is 18.8 Å². The molecule has 1 saturated carbocycles. The molecule has 166 valence electrons. The Morgan fingerprint density at radius 1 is 1.06 bits per heavy atom. The lowest BCUT2D eigenvalue weighted by Gasteiger charge is -2.15. The predicted molar refractivity (Wildman–Crippen MR) is 123 cm³/mol. The second-order valence-electron chi connectivity index (χ2n) is 7.59. The van der Waals surface area contributed by atoms with Crippen molar-refractivity contribution in [1.29, 1.82) is 0 Å². The number of hydrogen-bond acceptors (Lipinski definition) is 6. The molecule has 3 aromatic heterocycles. The van der Waals surface area contributed by atoms with Gasteiger partial charge in [-0.25, -0.2) is 9.37 Å². The topological polar surface area (TPSA) is 112 Å². The number of nitrogens with two attached hydrogens (primary N) is 1. The van der Waals surface area contributed by atoms with E-state index in [-0.39, 0.29) is 27.2 Å². The van der Waals surface area contributed by atoms with Gasteiger partial charge in [-0.2, -0.15) is 10.2 Å². The van der Waals surface area contributed by atoms with E-state index in [1.54, 1.807) is 18.2 Å². The van der Waals surface area contributed by atoms with Crippen molar-refractivity contribution in [2.75, 3.05) is 11.1 Å². The molecule has 1 aliphatic carbocycles. The molecule has 3 heterocycles. The maximum atomic E-state index is 13.5. The number of rotatable bonds is 5. The van der Waals surface area contributed by atoms with E-state index in [0.29, 0.717) is 22.8 Å². The number of nitrogens with zero attached hydrogens (tertiary/aromatic N) is 5. The third-order valence-electron chi connectivity index (χ3n) is 5.23. The van der Waals surface area contributed by atoms with Crippen LogP contribution in [0.5, 0.6) is 0 Å². The zero-order valence-corrected chi connectivity index (χ0v) is 18.5. The highest BCUT2D eigenvalue weighted by atomic mass is 35.5. The summed E-state index contributed by atoms with van der Waals surface area (Å²) in [5.74, 6) is -0.348. The SMILES string of the molecule is Nc1cc(F)cnc1-c1cc(Cl)c(C(=O)Nc2cnc(-n3nccn3)c(Cl)c2)cc1C1CC1. The lowest BCUT2D eigenvalue weighted by atomic mass is 9.96. The highest BCUT2D eigenvalue weighted by molar-refractivity contribution is 6.35. The maximum absolute atomic E-state index is 13.5. The standard InChI is InChI=1S/C22H16Cl2FN7O/c23-17-8-15(20-19(26)5-12(25)9-27-20)14(11-1-2-11)7-16(17)22(33)31-13-6-18(24)21(28-10-13)32-29-3-4-30-32/h3-11H,1-2,26H2,(H,31,33). The van der Waals surface area contributed by atoms with Gasteiger partial charge in [0.25, 0.3) is 5.91 Å². The molecule has 0 bridgehead atoms. The highest BCUT2D eigenvalue weighted by Gasteiger charge is 2.29. The Kier molecular flexibility index (Phi) is 5.43. The minimum atomic E-state index is -0.520. The summed E-state index contributed by atoms with van der Waals surface area (Å²) in [4.78, 5) is 22.7. The van der Waals surface area contributed by atoms with Crippen LogP contribution in [0.3, 0.4) is 0 Å². The van der Waals surface area contributed by atoms with Crippen LogP contribution < -0.4 is 11.1 Å². The van der Waals surface area contributed by atoms with E-state index >= 15 is 0 Å². The van der Waals surface area contributed by atoms with Crippen molar-refractivity contribution in [3.63, 3.8) is 0 Å². The van der Waals surface area contributed by atoms with Gasteiger partial charge in [-0.05, 0) is 42.5 Å². The van der Waals surface area contributed by atoms with Crippen molar-refractivity contribution in [2.24, 2.45) is 0 Å². The summed E-state index contributed by atoms with van der Waals surface area (Å²) in [5, 5.41) is 11.2. The smallest absolute Gasteiger partial charge is 0.257 e. The summed E-state index contributed by atoms with van der Waals surface area (Å²) in [5.41, 5.74) is 8.91. The number of nitrogens with one attached hydrogen (secondary N) is 1. The Bertz CT molecular complexity index is 1370. The Morgan fingerprint density at radius 2 is 1.82 bits per heavy atom. The average molecular weight is 484 g/mol. The molecule has 1 aliphatic rings. The van der Waals surface area contributed by atoms with E-state index in [4.69, 9.17) is 28.9 Å². The molecule has 0 atom stereocenters. The number of hydrogen-bond donors (Lipinski definition) is 2. The molecule has 0 spiro atoms. The summed E-state index contributed by atoms with van der Waals surface area (Å²) in [6, 6.07) is 6.16. The monoisotopic (exact) mass is 483 g/mol. The molecule has 5 rings (SSSR count). The molecule has 0 aliphatic heterocycles. The first kappa shape index (κ1) is 21.3. The van der Waals surface area contributed by atoms with Crippen LogP contribution in [-0.2, 0) is 0 Å². The molecule has 8 nitrogen and oxygen atoms in total. The number of anilines is 2. The van der Waals surface area contributed by atoms with Gasteiger partial charge in [0.1, 0.15) is 5.82 Å². The molecule has 4 aromatic rings. The van der Waals surface area contributed by atoms with Gasteiger partial charge < -0.3 is 11.1 Å². The molecule has 3 N–H and O–H groups in total. The zero-order chi connectivity index (χ0) is 23.1. The highest BCUT2D eigenvalue weighted by Crippen LogP contribution is 2.46. The van der Waals surface area contributed by atoms with Crippen LogP contribution in [0.15, 0.2) is 49.1 Å².